The molecular formula is C90H171NO18. The number of nitrogens with one attached hydrogen (secondary N) is 1. The highest BCUT2D eigenvalue weighted by Gasteiger charge is 2.54. The lowest BCUT2D eigenvalue weighted by molar-refractivity contribution is -0.379. The number of carbonyl (C=O) groups is 1. The molecule has 17 atom stereocenters. The zero-order chi connectivity index (χ0) is 78.8. The van der Waals surface area contributed by atoms with Crippen LogP contribution in [0.25, 0.3) is 0 Å². The van der Waals surface area contributed by atoms with Crippen LogP contribution in [0.3, 0.4) is 0 Å². The zero-order valence-electron chi connectivity index (χ0n) is 69.6. The lowest BCUT2D eigenvalue weighted by Gasteiger charge is -2.48. The number of rotatable bonds is 76. The molecule has 0 aromatic rings. The molecular weight excluding hydrogens is 1380 g/mol. The van der Waals surface area contributed by atoms with Crippen molar-refractivity contribution in [3.8, 4) is 0 Å². The summed E-state index contributed by atoms with van der Waals surface area (Å²) in [5.41, 5.74) is 0. The Morgan fingerprint density at radius 2 is 0.587 bits per heavy atom. The monoisotopic (exact) mass is 1550 g/mol. The minimum Gasteiger partial charge on any atom is -0.394 e. The van der Waals surface area contributed by atoms with Gasteiger partial charge in [0.2, 0.25) is 5.91 Å². The van der Waals surface area contributed by atoms with E-state index >= 15 is 0 Å². The summed E-state index contributed by atoms with van der Waals surface area (Å²) in [6.45, 7) is 1.79. The van der Waals surface area contributed by atoms with Gasteiger partial charge in [0, 0.05) is 6.42 Å². The molecule has 0 radical (unpaired) electrons. The van der Waals surface area contributed by atoms with Crippen LogP contribution in [0.15, 0.2) is 24.3 Å². The fraction of sp³-hybridized carbons (Fsp3) is 0.944. The van der Waals surface area contributed by atoms with E-state index in [2.05, 4.69) is 31.3 Å². The van der Waals surface area contributed by atoms with E-state index in [4.69, 9.17) is 28.4 Å². The number of hydrogen-bond acceptors (Lipinski definition) is 18. The number of amides is 1. The van der Waals surface area contributed by atoms with Crippen molar-refractivity contribution >= 4 is 5.91 Å². The summed E-state index contributed by atoms with van der Waals surface area (Å²) in [4.78, 5) is 13.5. The normalized spacial score (nSPS) is 25.3. The van der Waals surface area contributed by atoms with E-state index in [1.807, 2.05) is 6.08 Å². The molecule has 0 aromatic heterocycles. The zero-order valence-corrected chi connectivity index (χ0v) is 69.6. The van der Waals surface area contributed by atoms with Crippen molar-refractivity contribution in [3.05, 3.63) is 24.3 Å². The van der Waals surface area contributed by atoms with Crippen LogP contribution >= 0.6 is 0 Å². The number of carbonyl (C=O) groups excluding carboxylic acids is 1. The van der Waals surface area contributed by atoms with Gasteiger partial charge in [-0.15, -0.1) is 0 Å². The van der Waals surface area contributed by atoms with Gasteiger partial charge in [0.05, 0.1) is 38.6 Å². The maximum atomic E-state index is 13.5. The highest BCUT2D eigenvalue weighted by atomic mass is 16.8. The number of aliphatic hydroxyl groups is 11. The minimum atomic E-state index is -1.98. The van der Waals surface area contributed by atoms with Crippen LogP contribution < -0.4 is 5.32 Å². The summed E-state index contributed by atoms with van der Waals surface area (Å²) in [5.74, 6) is -0.276. The Morgan fingerprint density at radius 3 is 0.917 bits per heavy atom. The molecule has 0 aliphatic carbocycles. The van der Waals surface area contributed by atoms with Crippen LogP contribution in [0.1, 0.15) is 412 Å². The lowest BCUT2D eigenvalue weighted by atomic mass is 9.96. The van der Waals surface area contributed by atoms with Gasteiger partial charge in [0.25, 0.3) is 0 Å². The minimum absolute atomic E-state index is 0.241. The molecule has 3 saturated heterocycles. The lowest BCUT2D eigenvalue weighted by Crippen LogP contribution is -2.66. The van der Waals surface area contributed by atoms with E-state index in [1.165, 1.54) is 340 Å². The van der Waals surface area contributed by atoms with Crippen LogP contribution in [-0.2, 0) is 33.2 Å². The van der Waals surface area contributed by atoms with Crippen LogP contribution in [-0.4, -0.2) is 193 Å². The summed E-state index contributed by atoms with van der Waals surface area (Å²) < 4.78 is 34.5. The second kappa shape index (κ2) is 70.5. The largest absolute Gasteiger partial charge is 0.394 e. The fourth-order valence-corrected chi connectivity index (χ4v) is 15.9. The molecule has 3 rings (SSSR count). The Kier molecular flexibility index (Phi) is 65.6. The maximum Gasteiger partial charge on any atom is 0.220 e. The summed E-state index contributed by atoms with van der Waals surface area (Å²) in [6, 6.07) is -0.989. The number of ether oxygens (including phenoxy) is 6. The Hall–Kier alpha value is -1.73. The summed E-state index contributed by atoms with van der Waals surface area (Å²) >= 11 is 0. The van der Waals surface area contributed by atoms with Gasteiger partial charge < -0.3 is 89.9 Å². The number of allylic oxidation sites excluding steroid dienone is 3. The highest BCUT2D eigenvalue weighted by molar-refractivity contribution is 5.76. The van der Waals surface area contributed by atoms with Gasteiger partial charge in [-0.05, 0) is 32.1 Å². The van der Waals surface area contributed by atoms with E-state index < -0.39 is 124 Å². The third-order valence-electron chi connectivity index (χ3n) is 23.3. The van der Waals surface area contributed by atoms with E-state index in [9.17, 15) is 61.0 Å². The molecule has 3 aliphatic heterocycles. The molecule has 19 heteroatoms. The summed E-state index contributed by atoms with van der Waals surface area (Å²) in [5, 5.41) is 121. The van der Waals surface area contributed by atoms with Crippen molar-refractivity contribution in [2.45, 2.75) is 516 Å². The predicted octanol–water partition coefficient (Wildman–Crippen LogP) is 17.6. The third-order valence-corrected chi connectivity index (χ3v) is 23.3. The smallest absolute Gasteiger partial charge is 0.220 e. The summed E-state index contributed by atoms with van der Waals surface area (Å²) in [6.07, 6.45) is 62.2. The van der Waals surface area contributed by atoms with Crippen LogP contribution in [0.4, 0.5) is 0 Å². The van der Waals surface area contributed by atoms with Gasteiger partial charge >= 0.3 is 0 Å². The molecule has 0 aromatic carbocycles. The van der Waals surface area contributed by atoms with Crippen molar-refractivity contribution in [1.82, 2.24) is 5.32 Å². The predicted molar refractivity (Wildman–Crippen MR) is 439 cm³/mol. The Balaban J connectivity index is 1.29. The van der Waals surface area contributed by atoms with Gasteiger partial charge in [-0.3, -0.25) is 4.79 Å². The molecule has 0 bridgehead atoms. The van der Waals surface area contributed by atoms with E-state index in [0.29, 0.717) is 12.8 Å². The second-order valence-corrected chi connectivity index (χ2v) is 33.1. The molecule has 3 fully saturated rings. The van der Waals surface area contributed by atoms with Crippen LogP contribution in [0.2, 0.25) is 0 Å². The quantitative estimate of drug-likeness (QED) is 0.0199. The average molecular weight is 1560 g/mol. The van der Waals surface area contributed by atoms with Gasteiger partial charge in [-0.2, -0.15) is 0 Å². The maximum absolute atomic E-state index is 13.5. The number of aliphatic hydroxyl groups excluding tert-OH is 11. The Bertz CT molecular complexity index is 2060. The molecule has 0 saturated carbocycles. The van der Waals surface area contributed by atoms with Gasteiger partial charge in [0.15, 0.2) is 18.9 Å². The molecule has 17 unspecified atom stereocenters. The van der Waals surface area contributed by atoms with Crippen molar-refractivity contribution < 1.29 is 89.4 Å². The Labute approximate surface area is 664 Å². The number of unbranched alkanes of at least 4 members (excludes halogenated alkanes) is 58. The van der Waals surface area contributed by atoms with E-state index in [0.717, 1.165) is 38.5 Å². The molecule has 0 spiro atoms. The van der Waals surface area contributed by atoms with E-state index in [1.54, 1.807) is 6.08 Å². The number of hydrogen-bond donors (Lipinski definition) is 12. The third kappa shape index (κ3) is 49.2. The standard InChI is InChI=1S/C90H171NO18/c1-3-5-7-9-11-13-15-17-19-21-23-25-27-28-29-30-31-32-33-34-35-36-37-38-39-40-41-42-43-44-46-48-50-52-54-56-58-60-62-64-66-68-78(96)91-73(74(95)67-65-63-61-59-57-55-53-51-49-47-45-26-24-22-20-18-16-14-12-10-8-6-4-2)72-104-88-84(102)81(99)86(76(70-93)106-88)109-90-85(103)82(100)87(77(71-94)107-90)108-89-83(101)80(98)79(97)75(69-92)105-89/h57,59,65,67,73-77,79-90,92-95,97-103H,3-56,58,60-64,66,68-72H2,1-2H3,(H,91,96)/b59-57+,67-65+. The average Bonchev–Trinajstić information content (AvgIpc) is 0.771. The van der Waals surface area contributed by atoms with Crippen LogP contribution in [0.5, 0.6) is 0 Å². The van der Waals surface area contributed by atoms with Crippen LogP contribution in [0, 0.1) is 0 Å². The summed E-state index contributed by atoms with van der Waals surface area (Å²) in [7, 11) is 0. The fourth-order valence-electron chi connectivity index (χ4n) is 15.9. The first-order valence-corrected chi connectivity index (χ1v) is 46.1. The molecule has 19 nitrogen and oxygen atoms in total. The Morgan fingerprint density at radius 1 is 0.321 bits per heavy atom. The molecule has 109 heavy (non-hydrogen) atoms. The highest BCUT2D eigenvalue weighted by Crippen LogP contribution is 2.34. The first kappa shape index (κ1) is 101. The van der Waals surface area contributed by atoms with Crippen molar-refractivity contribution in [2.24, 2.45) is 0 Å². The second-order valence-electron chi connectivity index (χ2n) is 33.1. The van der Waals surface area contributed by atoms with Gasteiger partial charge in [-0.1, -0.05) is 398 Å². The van der Waals surface area contributed by atoms with Gasteiger partial charge in [0.1, 0.15) is 73.2 Å². The van der Waals surface area contributed by atoms with Crippen molar-refractivity contribution in [1.29, 1.82) is 0 Å². The first-order valence-electron chi connectivity index (χ1n) is 46.1. The molecule has 12 N–H and O–H groups in total. The van der Waals surface area contributed by atoms with Crippen molar-refractivity contribution in [2.75, 3.05) is 26.4 Å². The first-order chi connectivity index (χ1) is 53.3. The molecule has 1 amide bonds. The molecule has 3 aliphatic rings. The molecule has 644 valence electrons. The SMILES string of the molecule is CCCCCCCCCCCCCCCCCCC/C=C/CC/C=C/C(O)C(COC1OC(CO)C(OC2OC(CO)C(OC3OC(CO)C(O)C(O)C3O)C(O)C2O)C(O)C1O)NC(=O)CCCCCCCCCCCCCCCCCCCCCCCCCCCCCCCCCCCCCCCCCCC. The van der Waals surface area contributed by atoms with Gasteiger partial charge in [-0.25, -0.2) is 0 Å². The topological polar surface area (TPSA) is 307 Å². The van der Waals surface area contributed by atoms with Crippen molar-refractivity contribution in [3.63, 3.8) is 0 Å². The molecule has 3 heterocycles. The van der Waals surface area contributed by atoms with E-state index in [-0.39, 0.29) is 18.9 Å².